The predicted molar refractivity (Wildman–Crippen MR) is 72.7 cm³/mol. The van der Waals surface area contributed by atoms with Crippen LogP contribution in [0.4, 0.5) is 5.69 Å². The molecule has 6 heteroatoms. The number of aryl methyl sites for hydroxylation is 1. The second-order valence-electron chi connectivity index (χ2n) is 4.35. The molecule has 2 N–H and O–H groups in total. The lowest BCUT2D eigenvalue weighted by Crippen LogP contribution is -2.29. The van der Waals surface area contributed by atoms with Crippen LogP contribution in [0.1, 0.15) is 30.3 Å². The van der Waals surface area contributed by atoms with Crippen molar-refractivity contribution >= 4 is 17.6 Å². The fraction of sp³-hybridized carbons (Fsp3) is 0.538. The Hall–Kier alpha value is -1.98. The van der Waals surface area contributed by atoms with Crippen LogP contribution in [0.25, 0.3) is 0 Å². The molecule has 0 aliphatic heterocycles. The van der Waals surface area contributed by atoms with Crippen LogP contribution in [0.5, 0.6) is 0 Å². The first-order chi connectivity index (χ1) is 8.99. The zero-order valence-electron chi connectivity index (χ0n) is 11.7. The molecule has 106 valence electrons. The summed E-state index contributed by atoms with van der Waals surface area (Å²) in [5.41, 5.74) is 6.85. The van der Waals surface area contributed by atoms with Crippen molar-refractivity contribution in [1.29, 1.82) is 0 Å². The maximum atomic E-state index is 12.2. The number of methoxy groups -OCH3 is 1. The van der Waals surface area contributed by atoms with Crippen LogP contribution < -0.4 is 5.73 Å². The number of hydrogen-bond donors (Lipinski definition) is 1. The van der Waals surface area contributed by atoms with Crippen LogP contribution in [-0.4, -0.2) is 42.0 Å². The number of anilines is 1. The standard InChI is InChI=1S/C13H21N3O3/c1-4-16-9-10(14)8-11(16)13(18)15(2)7-5-6-12(17)19-3/h8-9H,4-7,14H2,1-3H3. The van der Waals surface area contributed by atoms with Gasteiger partial charge < -0.3 is 19.9 Å². The molecule has 0 aliphatic rings. The molecule has 0 fully saturated rings. The van der Waals surface area contributed by atoms with Gasteiger partial charge in [-0.1, -0.05) is 0 Å². The Labute approximate surface area is 113 Å². The van der Waals surface area contributed by atoms with Crippen molar-refractivity contribution in [3.63, 3.8) is 0 Å². The van der Waals surface area contributed by atoms with E-state index in [1.165, 1.54) is 7.11 Å². The third kappa shape index (κ3) is 4.01. The van der Waals surface area contributed by atoms with E-state index in [2.05, 4.69) is 4.74 Å². The zero-order valence-corrected chi connectivity index (χ0v) is 11.7. The number of hydrogen-bond acceptors (Lipinski definition) is 4. The minimum Gasteiger partial charge on any atom is -0.469 e. The van der Waals surface area contributed by atoms with Gasteiger partial charge in [-0.2, -0.15) is 0 Å². The molecule has 1 aromatic heterocycles. The quantitative estimate of drug-likeness (QED) is 0.783. The topological polar surface area (TPSA) is 77.6 Å². The molecule has 0 atom stereocenters. The van der Waals surface area contributed by atoms with Gasteiger partial charge in [0.25, 0.3) is 5.91 Å². The van der Waals surface area contributed by atoms with Gasteiger partial charge in [-0.25, -0.2) is 0 Å². The second kappa shape index (κ2) is 6.82. The van der Waals surface area contributed by atoms with E-state index >= 15 is 0 Å². The molecular formula is C13H21N3O3. The number of carbonyl (C=O) groups excluding carboxylic acids is 2. The summed E-state index contributed by atoms with van der Waals surface area (Å²) in [7, 11) is 3.07. The second-order valence-corrected chi connectivity index (χ2v) is 4.35. The first-order valence-corrected chi connectivity index (χ1v) is 6.27. The first kappa shape index (κ1) is 15.1. The van der Waals surface area contributed by atoms with E-state index in [1.54, 1.807) is 24.2 Å². The third-order valence-corrected chi connectivity index (χ3v) is 2.93. The van der Waals surface area contributed by atoms with Gasteiger partial charge in [-0.15, -0.1) is 0 Å². The van der Waals surface area contributed by atoms with Crippen molar-refractivity contribution in [3.8, 4) is 0 Å². The van der Waals surface area contributed by atoms with Crippen LogP contribution in [0.15, 0.2) is 12.3 Å². The lowest BCUT2D eigenvalue weighted by atomic mass is 10.3. The monoisotopic (exact) mass is 267 g/mol. The molecule has 6 nitrogen and oxygen atoms in total. The molecule has 0 saturated carbocycles. The Kier molecular flexibility index (Phi) is 5.41. The lowest BCUT2D eigenvalue weighted by Gasteiger charge is -2.17. The largest absolute Gasteiger partial charge is 0.469 e. The summed E-state index contributed by atoms with van der Waals surface area (Å²) in [6.45, 7) is 3.14. The molecule has 1 aromatic rings. The fourth-order valence-corrected chi connectivity index (χ4v) is 1.83. The van der Waals surface area contributed by atoms with Crippen LogP contribution >= 0.6 is 0 Å². The van der Waals surface area contributed by atoms with Crippen molar-refractivity contribution in [1.82, 2.24) is 9.47 Å². The maximum absolute atomic E-state index is 12.2. The Morgan fingerprint density at radius 3 is 2.74 bits per heavy atom. The SMILES string of the molecule is CCn1cc(N)cc1C(=O)N(C)CCCC(=O)OC. The fourth-order valence-electron chi connectivity index (χ4n) is 1.83. The molecule has 0 spiro atoms. The van der Waals surface area contributed by atoms with Crippen molar-refractivity contribution in [2.45, 2.75) is 26.3 Å². The van der Waals surface area contributed by atoms with Gasteiger partial charge in [-0.3, -0.25) is 9.59 Å². The molecule has 1 rings (SSSR count). The highest BCUT2D eigenvalue weighted by atomic mass is 16.5. The Bertz CT molecular complexity index is 454. The van der Waals surface area contributed by atoms with E-state index in [9.17, 15) is 9.59 Å². The molecule has 0 aromatic carbocycles. The summed E-state index contributed by atoms with van der Waals surface area (Å²) in [5, 5.41) is 0. The average Bonchev–Trinajstić information content (AvgIpc) is 2.78. The molecule has 1 heterocycles. The highest BCUT2D eigenvalue weighted by molar-refractivity contribution is 5.93. The third-order valence-electron chi connectivity index (χ3n) is 2.93. The van der Waals surface area contributed by atoms with E-state index < -0.39 is 0 Å². The lowest BCUT2D eigenvalue weighted by molar-refractivity contribution is -0.140. The number of rotatable bonds is 6. The van der Waals surface area contributed by atoms with Crippen molar-refractivity contribution in [3.05, 3.63) is 18.0 Å². The molecule has 0 saturated heterocycles. The number of nitrogens with zero attached hydrogens (tertiary/aromatic N) is 2. The number of ether oxygens (including phenoxy) is 1. The van der Waals surface area contributed by atoms with Gasteiger partial charge in [0.05, 0.1) is 12.8 Å². The van der Waals surface area contributed by atoms with Crippen LogP contribution in [0, 0.1) is 0 Å². The van der Waals surface area contributed by atoms with Crippen molar-refractivity contribution in [2.24, 2.45) is 0 Å². The van der Waals surface area contributed by atoms with E-state index in [0.717, 1.165) is 0 Å². The summed E-state index contributed by atoms with van der Waals surface area (Å²) < 4.78 is 6.37. The van der Waals surface area contributed by atoms with Crippen LogP contribution in [-0.2, 0) is 16.1 Å². The molecule has 1 amide bonds. The molecule has 0 radical (unpaired) electrons. The Morgan fingerprint density at radius 2 is 2.16 bits per heavy atom. The predicted octanol–water partition coefficient (Wildman–Crippen LogP) is 1.12. The Balaban J connectivity index is 2.58. The van der Waals surface area contributed by atoms with Gasteiger partial charge >= 0.3 is 5.97 Å². The maximum Gasteiger partial charge on any atom is 0.305 e. The number of aromatic nitrogens is 1. The highest BCUT2D eigenvalue weighted by Crippen LogP contribution is 2.13. The normalized spacial score (nSPS) is 10.3. The summed E-state index contributed by atoms with van der Waals surface area (Å²) >= 11 is 0. The zero-order chi connectivity index (χ0) is 14.4. The number of esters is 1. The summed E-state index contributed by atoms with van der Waals surface area (Å²) in [6.07, 6.45) is 2.64. The van der Waals surface area contributed by atoms with Gasteiger partial charge in [0.15, 0.2) is 0 Å². The first-order valence-electron chi connectivity index (χ1n) is 6.27. The van der Waals surface area contributed by atoms with E-state index in [4.69, 9.17) is 5.73 Å². The average molecular weight is 267 g/mol. The molecule has 0 bridgehead atoms. The van der Waals surface area contributed by atoms with E-state index in [0.29, 0.717) is 37.3 Å². The van der Waals surface area contributed by atoms with E-state index in [-0.39, 0.29) is 11.9 Å². The minimum atomic E-state index is -0.262. The molecule has 0 aliphatic carbocycles. The number of amides is 1. The number of nitrogen functional groups attached to an aromatic ring is 1. The van der Waals surface area contributed by atoms with Crippen LogP contribution in [0.2, 0.25) is 0 Å². The van der Waals surface area contributed by atoms with Gasteiger partial charge in [0.1, 0.15) is 5.69 Å². The summed E-state index contributed by atoms with van der Waals surface area (Å²) in [6, 6.07) is 1.67. The van der Waals surface area contributed by atoms with E-state index in [1.807, 2.05) is 11.5 Å². The van der Waals surface area contributed by atoms with Gasteiger partial charge in [-0.05, 0) is 19.4 Å². The number of nitrogens with two attached hydrogens (primary N) is 1. The van der Waals surface area contributed by atoms with Crippen molar-refractivity contribution in [2.75, 3.05) is 26.4 Å². The molecule has 19 heavy (non-hydrogen) atoms. The van der Waals surface area contributed by atoms with Gasteiger partial charge in [0.2, 0.25) is 0 Å². The smallest absolute Gasteiger partial charge is 0.305 e. The van der Waals surface area contributed by atoms with Crippen LogP contribution in [0.3, 0.4) is 0 Å². The number of carbonyl (C=O) groups is 2. The Morgan fingerprint density at radius 1 is 1.47 bits per heavy atom. The molecule has 0 unspecified atom stereocenters. The van der Waals surface area contributed by atoms with Crippen molar-refractivity contribution < 1.29 is 14.3 Å². The minimum absolute atomic E-state index is 0.0941. The highest BCUT2D eigenvalue weighted by Gasteiger charge is 2.16. The molecular weight excluding hydrogens is 246 g/mol. The summed E-state index contributed by atoms with van der Waals surface area (Å²) in [5.74, 6) is -0.356. The van der Waals surface area contributed by atoms with Gasteiger partial charge in [0, 0.05) is 32.8 Å². The summed E-state index contributed by atoms with van der Waals surface area (Å²) in [4.78, 5) is 24.8.